The number of fused-ring (bicyclic) bond motifs is 3. The van der Waals surface area contributed by atoms with Crippen molar-refractivity contribution in [3.63, 3.8) is 0 Å². The molecule has 1 aliphatic carbocycles. The summed E-state index contributed by atoms with van der Waals surface area (Å²) < 4.78 is 5.44. The number of carbonyl (C=O) groups is 3. The van der Waals surface area contributed by atoms with Crippen LogP contribution in [0.2, 0.25) is 0 Å². The topological polar surface area (TPSA) is 125 Å². The van der Waals surface area contributed by atoms with Crippen LogP contribution in [0.1, 0.15) is 36.8 Å². The van der Waals surface area contributed by atoms with E-state index >= 15 is 0 Å². The van der Waals surface area contributed by atoms with Crippen LogP contribution >= 0.6 is 0 Å². The molecule has 2 amide bonds. The highest BCUT2D eigenvalue weighted by Gasteiger charge is 2.29. The minimum Gasteiger partial charge on any atom is -0.480 e. The van der Waals surface area contributed by atoms with E-state index in [-0.39, 0.29) is 32.0 Å². The molecule has 0 bridgehead atoms. The third-order valence-electron chi connectivity index (χ3n) is 5.25. The van der Waals surface area contributed by atoms with E-state index in [0.717, 1.165) is 22.3 Å². The Morgan fingerprint density at radius 2 is 1.58 bits per heavy atom. The predicted molar refractivity (Wildman–Crippen MR) is 114 cm³/mol. The summed E-state index contributed by atoms with van der Waals surface area (Å²) in [6.45, 7) is 1.43. The Morgan fingerprint density at radius 1 is 1.00 bits per heavy atom. The Labute approximate surface area is 180 Å². The fourth-order valence-corrected chi connectivity index (χ4v) is 3.81. The van der Waals surface area contributed by atoms with Crippen molar-refractivity contribution in [1.82, 2.24) is 10.6 Å². The fourth-order valence-electron chi connectivity index (χ4n) is 3.81. The molecule has 2 atom stereocenters. The second-order valence-corrected chi connectivity index (χ2v) is 7.55. The summed E-state index contributed by atoms with van der Waals surface area (Å²) in [5, 5.41) is 22.8. The summed E-state index contributed by atoms with van der Waals surface area (Å²) in [5.74, 6) is -1.82. The monoisotopic (exact) mass is 426 g/mol. The number of hydrogen-bond acceptors (Lipinski definition) is 5. The molecule has 0 aliphatic heterocycles. The van der Waals surface area contributed by atoms with E-state index in [2.05, 4.69) is 22.8 Å². The van der Waals surface area contributed by atoms with Crippen molar-refractivity contribution in [2.75, 3.05) is 13.2 Å². The number of carboxylic acids is 1. The molecule has 8 nitrogen and oxygen atoms in total. The molecule has 4 N–H and O–H groups in total. The number of alkyl carbamates (subject to hydrolysis) is 1. The molecule has 0 radical (unpaired) electrons. The Morgan fingerprint density at radius 3 is 2.13 bits per heavy atom. The van der Waals surface area contributed by atoms with Crippen LogP contribution in [0.25, 0.3) is 11.1 Å². The summed E-state index contributed by atoms with van der Waals surface area (Å²) >= 11 is 0. The number of benzene rings is 2. The van der Waals surface area contributed by atoms with Gasteiger partial charge in [0, 0.05) is 31.4 Å². The minimum absolute atomic E-state index is 0.0634. The number of carbonyl (C=O) groups excluding carboxylic acids is 2. The van der Waals surface area contributed by atoms with E-state index in [0.29, 0.717) is 0 Å². The van der Waals surface area contributed by atoms with Crippen LogP contribution in [0.3, 0.4) is 0 Å². The lowest BCUT2D eigenvalue weighted by Gasteiger charge is -2.18. The number of aliphatic carboxylic acids is 1. The van der Waals surface area contributed by atoms with Gasteiger partial charge in [-0.25, -0.2) is 9.59 Å². The van der Waals surface area contributed by atoms with Crippen LogP contribution in [-0.2, 0) is 14.3 Å². The second-order valence-electron chi connectivity index (χ2n) is 7.55. The van der Waals surface area contributed by atoms with Gasteiger partial charge in [0.25, 0.3) is 0 Å². The van der Waals surface area contributed by atoms with E-state index in [9.17, 15) is 14.4 Å². The van der Waals surface area contributed by atoms with Gasteiger partial charge in [-0.3, -0.25) is 4.79 Å². The molecule has 2 aromatic rings. The zero-order valence-electron chi connectivity index (χ0n) is 17.2. The first-order valence-electron chi connectivity index (χ1n) is 10.1. The van der Waals surface area contributed by atoms with Crippen LogP contribution in [0.4, 0.5) is 4.79 Å². The second kappa shape index (κ2) is 10.1. The summed E-state index contributed by atoms with van der Waals surface area (Å²) in [7, 11) is 0. The maximum atomic E-state index is 12.3. The number of aliphatic hydroxyl groups is 1. The quantitative estimate of drug-likeness (QED) is 0.487. The molecule has 0 saturated carbocycles. The largest absolute Gasteiger partial charge is 0.480 e. The normalized spacial score (nSPS) is 14.1. The molecular weight excluding hydrogens is 400 g/mol. The van der Waals surface area contributed by atoms with Gasteiger partial charge in [-0.15, -0.1) is 0 Å². The first kappa shape index (κ1) is 22.3. The number of amides is 2. The van der Waals surface area contributed by atoms with Crippen molar-refractivity contribution in [3.8, 4) is 11.1 Å². The van der Waals surface area contributed by atoms with Gasteiger partial charge in [0.05, 0.1) is 0 Å². The molecule has 164 valence electrons. The van der Waals surface area contributed by atoms with E-state index < -0.39 is 30.1 Å². The number of ether oxygens (including phenoxy) is 1. The van der Waals surface area contributed by atoms with Gasteiger partial charge in [0.2, 0.25) is 5.91 Å². The lowest BCUT2D eigenvalue weighted by Crippen LogP contribution is -2.44. The molecule has 0 spiro atoms. The van der Waals surface area contributed by atoms with Gasteiger partial charge in [-0.1, -0.05) is 48.5 Å². The average molecular weight is 426 g/mol. The summed E-state index contributed by atoms with van der Waals surface area (Å²) in [4.78, 5) is 35.3. The molecule has 0 aromatic heterocycles. The SMILES string of the molecule is CC(CC(=O)N[C@H](CCO)C(=O)O)NC(=O)OCC1c2ccccc2-c2ccccc21. The highest BCUT2D eigenvalue weighted by molar-refractivity contribution is 5.84. The summed E-state index contributed by atoms with van der Waals surface area (Å²) in [6, 6.07) is 14.3. The third-order valence-corrected chi connectivity index (χ3v) is 5.25. The molecule has 31 heavy (non-hydrogen) atoms. The van der Waals surface area contributed by atoms with Crippen molar-refractivity contribution in [3.05, 3.63) is 59.7 Å². The molecule has 1 aliphatic rings. The first-order valence-corrected chi connectivity index (χ1v) is 10.1. The van der Waals surface area contributed by atoms with Gasteiger partial charge in [-0.05, 0) is 29.2 Å². The smallest absolute Gasteiger partial charge is 0.407 e. The van der Waals surface area contributed by atoms with Crippen molar-refractivity contribution < 1.29 is 29.3 Å². The van der Waals surface area contributed by atoms with Crippen molar-refractivity contribution >= 4 is 18.0 Å². The highest BCUT2D eigenvalue weighted by Crippen LogP contribution is 2.44. The van der Waals surface area contributed by atoms with Crippen LogP contribution in [0.15, 0.2) is 48.5 Å². The van der Waals surface area contributed by atoms with Crippen LogP contribution < -0.4 is 10.6 Å². The number of rotatable bonds is 9. The zero-order valence-corrected chi connectivity index (χ0v) is 17.2. The van der Waals surface area contributed by atoms with Gasteiger partial charge in [0.1, 0.15) is 12.6 Å². The molecule has 2 aromatic carbocycles. The lowest BCUT2D eigenvalue weighted by atomic mass is 9.98. The first-order chi connectivity index (χ1) is 14.9. The number of carboxylic acid groups (broad SMARTS) is 1. The van der Waals surface area contributed by atoms with E-state index in [1.807, 2.05) is 36.4 Å². The molecule has 8 heteroatoms. The van der Waals surface area contributed by atoms with Crippen LogP contribution in [-0.4, -0.2) is 53.5 Å². The van der Waals surface area contributed by atoms with Crippen LogP contribution in [0, 0.1) is 0 Å². The lowest BCUT2D eigenvalue weighted by molar-refractivity contribution is -0.142. The maximum absolute atomic E-state index is 12.3. The zero-order chi connectivity index (χ0) is 22.4. The molecule has 1 unspecified atom stereocenters. The average Bonchev–Trinajstić information content (AvgIpc) is 3.05. The Bertz CT molecular complexity index is 915. The maximum Gasteiger partial charge on any atom is 0.407 e. The van der Waals surface area contributed by atoms with Crippen molar-refractivity contribution in [2.24, 2.45) is 0 Å². The molecule has 3 rings (SSSR count). The Balaban J connectivity index is 1.52. The van der Waals surface area contributed by atoms with E-state index in [1.165, 1.54) is 0 Å². The van der Waals surface area contributed by atoms with Gasteiger partial charge < -0.3 is 25.6 Å². The third kappa shape index (κ3) is 5.40. The minimum atomic E-state index is -1.22. The van der Waals surface area contributed by atoms with Gasteiger partial charge >= 0.3 is 12.1 Å². The summed E-state index contributed by atoms with van der Waals surface area (Å²) in [5.41, 5.74) is 4.47. The number of aliphatic hydroxyl groups excluding tert-OH is 1. The highest BCUT2D eigenvalue weighted by atomic mass is 16.5. The molecule has 0 saturated heterocycles. The van der Waals surface area contributed by atoms with Crippen LogP contribution in [0.5, 0.6) is 0 Å². The fraction of sp³-hybridized carbons (Fsp3) is 0.348. The summed E-state index contributed by atoms with van der Waals surface area (Å²) in [6.07, 6.45) is -0.846. The Kier molecular flexibility index (Phi) is 7.25. The van der Waals surface area contributed by atoms with Gasteiger partial charge in [-0.2, -0.15) is 0 Å². The Hall–Kier alpha value is -3.39. The number of hydrogen-bond donors (Lipinski definition) is 4. The van der Waals surface area contributed by atoms with E-state index in [4.69, 9.17) is 14.9 Å². The standard InChI is InChI=1S/C23H26N2O6/c1-14(12-21(27)25-20(10-11-26)22(28)29)24-23(30)31-13-19-17-8-4-2-6-15(17)16-7-3-5-9-18(16)19/h2-9,14,19-20,26H,10-13H2,1H3,(H,24,30)(H,25,27)(H,28,29)/t14?,20-/m1/s1. The molecule has 0 heterocycles. The predicted octanol–water partition coefficient (Wildman–Crippen LogP) is 2.26. The van der Waals surface area contributed by atoms with Crippen molar-refractivity contribution in [1.29, 1.82) is 0 Å². The number of nitrogens with one attached hydrogen (secondary N) is 2. The molecule has 0 fully saturated rings. The van der Waals surface area contributed by atoms with Crippen molar-refractivity contribution in [2.45, 2.75) is 37.8 Å². The van der Waals surface area contributed by atoms with E-state index in [1.54, 1.807) is 6.92 Å². The van der Waals surface area contributed by atoms with Gasteiger partial charge in [0.15, 0.2) is 0 Å². The molecular formula is C23H26N2O6.